The van der Waals surface area contributed by atoms with Crippen LogP contribution < -0.4 is 5.32 Å². The fourth-order valence-corrected chi connectivity index (χ4v) is 1.84. The zero-order chi connectivity index (χ0) is 12.1. The molecule has 1 aliphatic rings. The van der Waals surface area contributed by atoms with E-state index < -0.39 is 0 Å². The molecule has 17 heavy (non-hydrogen) atoms. The average Bonchev–Trinajstić information content (AvgIpc) is 2.37. The number of nitrogens with zero attached hydrogens (tertiary/aromatic N) is 3. The molecule has 90 valence electrons. The van der Waals surface area contributed by atoms with Gasteiger partial charge in [-0.05, 0) is 19.2 Å². The largest absolute Gasteiger partial charge is 0.374 e. The second-order valence-electron chi connectivity index (χ2n) is 4.15. The fraction of sp³-hybridized carbons (Fsp3) is 0.500. The van der Waals surface area contributed by atoms with Gasteiger partial charge in [0.1, 0.15) is 11.9 Å². The van der Waals surface area contributed by atoms with Crippen LogP contribution in [0, 0.1) is 11.3 Å². The summed E-state index contributed by atoms with van der Waals surface area (Å²) in [6, 6.07) is 5.63. The molecule has 0 radical (unpaired) electrons. The van der Waals surface area contributed by atoms with Crippen molar-refractivity contribution < 1.29 is 4.74 Å². The molecular formula is C12H16N4O. The minimum Gasteiger partial charge on any atom is -0.374 e. The van der Waals surface area contributed by atoms with Crippen LogP contribution in [0.3, 0.4) is 0 Å². The SMILES string of the molecule is CN1CCOC(CNc2ncccc2C#N)C1. The molecule has 5 nitrogen and oxygen atoms in total. The van der Waals surface area contributed by atoms with Gasteiger partial charge in [0.05, 0.1) is 18.3 Å². The number of likely N-dealkylation sites (N-methyl/N-ethyl adjacent to an activating group) is 1. The van der Waals surface area contributed by atoms with Crippen molar-refractivity contribution >= 4 is 5.82 Å². The summed E-state index contributed by atoms with van der Waals surface area (Å²) in [7, 11) is 2.08. The number of hydrogen-bond acceptors (Lipinski definition) is 5. The average molecular weight is 232 g/mol. The Bertz CT molecular complexity index is 415. The van der Waals surface area contributed by atoms with Gasteiger partial charge in [-0.15, -0.1) is 0 Å². The fourth-order valence-electron chi connectivity index (χ4n) is 1.84. The molecule has 1 N–H and O–H groups in total. The van der Waals surface area contributed by atoms with Gasteiger partial charge in [-0.1, -0.05) is 0 Å². The summed E-state index contributed by atoms with van der Waals surface area (Å²) in [5.74, 6) is 0.631. The molecule has 0 bridgehead atoms. The molecule has 0 aromatic carbocycles. The molecule has 1 aromatic rings. The highest BCUT2D eigenvalue weighted by Gasteiger charge is 2.17. The van der Waals surface area contributed by atoms with Crippen LogP contribution in [0.4, 0.5) is 5.82 Å². The van der Waals surface area contributed by atoms with E-state index in [0.29, 0.717) is 17.9 Å². The number of nitriles is 1. The standard InChI is InChI=1S/C12H16N4O/c1-16-5-6-17-11(9-16)8-15-12-10(7-13)3-2-4-14-12/h2-4,11H,5-6,8-9H2,1H3,(H,14,15). The Morgan fingerprint density at radius 2 is 2.59 bits per heavy atom. The zero-order valence-corrected chi connectivity index (χ0v) is 9.89. The van der Waals surface area contributed by atoms with Crippen LogP contribution in [0.15, 0.2) is 18.3 Å². The van der Waals surface area contributed by atoms with E-state index in [0.717, 1.165) is 19.7 Å². The van der Waals surface area contributed by atoms with Crippen molar-refractivity contribution in [2.24, 2.45) is 0 Å². The Morgan fingerprint density at radius 3 is 3.35 bits per heavy atom. The third-order valence-corrected chi connectivity index (χ3v) is 2.77. The van der Waals surface area contributed by atoms with Gasteiger partial charge in [0.2, 0.25) is 0 Å². The van der Waals surface area contributed by atoms with Gasteiger partial charge in [-0.3, -0.25) is 0 Å². The third-order valence-electron chi connectivity index (χ3n) is 2.77. The van der Waals surface area contributed by atoms with Gasteiger partial charge in [0.15, 0.2) is 0 Å². The summed E-state index contributed by atoms with van der Waals surface area (Å²) in [5, 5.41) is 12.1. The molecular weight excluding hydrogens is 216 g/mol. The van der Waals surface area contributed by atoms with Crippen molar-refractivity contribution in [1.29, 1.82) is 5.26 Å². The first-order chi connectivity index (χ1) is 8.29. The predicted molar refractivity (Wildman–Crippen MR) is 64.7 cm³/mol. The smallest absolute Gasteiger partial charge is 0.143 e. The van der Waals surface area contributed by atoms with E-state index in [-0.39, 0.29) is 6.10 Å². The van der Waals surface area contributed by atoms with Crippen LogP contribution in [0.2, 0.25) is 0 Å². The molecule has 2 rings (SSSR count). The number of rotatable bonds is 3. The second kappa shape index (κ2) is 5.62. The van der Waals surface area contributed by atoms with E-state index in [4.69, 9.17) is 10.00 Å². The van der Waals surface area contributed by atoms with Gasteiger partial charge >= 0.3 is 0 Å². The summed E-state index contributed by atoms with van der Waals surface area (Å²) < 4.78 is 5.63. The van der Waals surface area contributed by atoms with Crippen LogP contribution in [-0.2, 0) is 4.74 Å². The van der Waals surface area contributed by atoms with Crippen molar-refractivity contribution in [2.45, 2.75) is 6.10 Å². The summed E-state index contributed by atoms with van der Waals surface area (Å²) >= 11 is 0. The first-order valence-corrected chi connectivity index (χ1v) is 5.68. The zero-order valence-electron chi connectivity index (χ0n) is 9.89. The predicted octanol–water partition coefficient (Wildman–Crippen LogP) is 0.696. The Labute approximate surface area is 101 Å². The highest BCUT2D eigenvalue weighted by atomic mass is 16.5. The molecule has 0 amide bonds. The molecule has 1 atom stereocenters. The van der Waals surface area contributed by atoms with Gasteiger partial charge in [-0.2, -0.15) is 5.26 Å². The molecule has 2 heterocycles. The number of nitrogens with one attached hydrogen (secondary N) is 1. The lowest BCUT2D eigenvalue weighted by Crippen LogP contribution is -2.43. The monoisotopic (exact) mass is 232 g/mol. The lowest BCUT2D eigenvalue weighted by atomic mass is 10.2. The van der Waals surface area contributed by atoms with Crippen LogP contribution in [0.1, 0.15) is 5.56 Å². The summed E-state index contributed by atoms with van der Waals surface area (Å²) in [6.07, 6.45) is 1.83. The molecule has 0 saturated carbocycles. The maximum atomic E-state index is 8.93. The van der Waals surface area contributed by atoms with Crippen LogP contribution in [0.5, 0.6) is 0 Å². The molecule has 1 aliphatic heterocycles. The Kier molecular flexibility index (Phi) is 3.91. The molecule has 1 unspecified atom stereocenters. The van der Waals surface area contributed by atoms with E-state index in [2.05, 4.69) is 28.3 Å². The molecule has 5 heteroatoms. The van der Waals surface area contributed by atoms with Crippen LogP contribution in [0.25, 0.3) is 0 Å². The number of hydrogen-bond donors (Lipinski definition) is 1. The van der Waals surface area contributed by atoms with Crippen molar-refractivity contribution in [2.75, 3.05) is 38.6 Å². The Balaban J connectivity index is 1.91. The topological polar surface area (TPSA) is 61.2 Å². The van der Waals surface area contributed by atoms with Gasteiger partial charge < -0.3 is 15.0 Å². The quantitative estimate of drug-likeness (QED) is 0.831. The van der Waals surface area contributed by atoms with Crippen LogP contribution in [-0.4, -0.2) is 49.3 Å². The normalized spacial score (nSPS) is 20.8. The minimum absolute atomic E-state index is 0.155. The summed E-state index contributed by atoms with van der Waals surface area (Å²) in [6.45, 7) is 3.32. The van der Waals surface area contributed by atoms with E-state index in [1.54, 1.807) is 18.3 Å². The van der Waals surface area contributed by atoms with Crippen molar-refractivity contribution in [3.8, 4) is 6.07 Å². The second-order valence-corrected chi connectivity index (χ2v) is 4.15. The number of ether oxygens (including phenoxy) is 1. The van der Waals surface area contributed by atoms with E-state index in [9.17, 15) is 0 Å². The third kappa shape index (κ3) is 3.16. The van der Waals surface area contributed by atoms with E-state index in [1.807, 2.05) is 0 Å². The van der Waals surface area contributed by atoms with Crippen molar-refractivity contribution in [3.63, 3.8) is 0 Å². The molecule has 1 aromatic heterocycles. The first-order valence-electron chi connectivity index (χ1n) is 5.68. The lowest BCUT2D eigenvalue weighted by Gasteiger charge is -2.30. The molecule has 0 spiro atoms. The molecule has 0 aliphatic carbocycles. The van der Waals surface area contributed by atoms with E-state index in [1.165, 1.54) is 0 Å². The van der Waals surface area contributed by atoms with E-state index >= 15 is 0 Å². The van der Waals surface area contributed by atoms with Crippen molar-refractivity contribution in [1.82, 2.24) is 9.88 Å². The number of morpholine rings is 1. The maximum absolute atomic E-state index is 8.93. The lowest BCUT2D eigenvalue weighted by molar-refractivity contribution is -0.0117. The van der Waals surface area contributed by atoms with Gasteiger partial charge in [0, 0.05) is 25.8 Å². The van der Waals surface area contributed by atoms with Crippen LogP contribution >= 0.6 is 0 Å². The minimum atomic E-state index is 0.155. The number of pyridine rings is 1. The van der Waals surface area contributed by atoms with Gasteiger partial charge in [0.25, 0.3) is 0 Å². The highest BCUT2D eigenvalue weighted by Crippen LogP contribution is 2.11. The number of anilines is 1. The Morgan fingerprint density at radius 1 is 1.71 bits per heavy atom. The van der Waals surface area contributed by atoms with Crippen molar-refractivity contribution in [3.05, 3.63) is 23.9 Å². The van der Waals surface area contributed by atoms with Gasteiger partial charge in [-0.25, -0.2) is 4.98 Å². The highest BCUT2D eigenvalue weighted by molar-refractivity contribution is 5.51. The molecule has 1 saturated heterocycles. The Hall–Kier alpha value is -1.64. The molecule has 1 fully saturated rings. The first kappa shape index (κ1) is 11.8. The summed E-state index contributed by atoms with van der Waals surface area (Å²) in [4.78, 5) is 6.39. The number of aromatic nitrogens is 1. The summed E-state index contributed by atoms with van der Waals surface area (Å²) in [5.41, 5.74) is 0.566. The maximum Gasteiger partial charge on any atom is 0.143 e.